The number of methoxy groups -OCH3 is 1. The van der Waals surface area contributed by atoms with Gasteiger partial charge in [0.15, 0.2) is 11.5 Å². The number of ketones is 1. The molecule has 1 heterocycles. The SMILES string of the molecule is CCOc1cc(C2/C(=C(\O)c3ccc4ccccc4c3)C(=O)C(=O)N2c2cc(C)ccc2C)ccc1OC. The molecular formula is C32H29NO5. The fraction of sp³-hybridized carbons (Fsp3) is 0.188. The third-order valence-electron chi connectivity index (χ3n) is 6.89. The number of fused-ring (bicyclic) bond motifs is 1. The number of ether oxygens (including phenoxy) is 2. The lowest BCUT2D eigenvalue weighted by Gasteiger charge is -2.27. The fourth-order valence-electron chi connectivity index (χ4n) is 5.00. The molecule has 1 saturated heterocycles. The van der Waals surface area contributed by atoms with E-state index < -0.39 is 17.7 Å². The van der Waals surface area contributed by atoms with Crippen molar-refractivity contribution in [1.82, 2.24) is 0 Å². The van der Waals surface area contributed by atoms with Crippen molar-refractivity contribution in [2.75, 3.05) is 18.6 Å². The minimum atomic E-state index is -0.868. The summed E-state index contributed by atoms with van der Waals surface area (Å²) in [5.74, 6) is -0.630. The highest BCUT2D eigenvalue weighted by Crippen LogP contribution is 2.45. The topological polar surface area (TPSA) is 76.1 Å². The van der Waals surface area contributed by atoms with Gasteiger partial charge >= 0.3 is 0 Å². The van der Waals surface area contributed by atoms with Crippen LogP contribution in [0.4, 0.5) is 5.69 Å². The Morgan fingerprint density at radius 1 is 0.895 bits per heavy atom. The molecule has 0 radical (unpaired) electrons. The van der Waals surface area contributed by atoms with Crippen molar-refractivity contribution in [3.05, 3.63) is 107 Å². The first-order valence-electron chi connectivity index (χ1n) is 12.5. The van der Waals surface area contributed by atoms with E-state index in [1.165, 1.54) is 4.90 Å². The zero-order chi connectivity index (χ0) is 27.0. The monoisotopic (exact) mass is 507 g/mol. The number of rotatable bonds is 6. The molecule has 1 amide bonds. The number of carbonyl (C=O) groups excluding carboxylic acids is 2. The quantitative estimate of drug-likeness (QED) is 0.183. The van der Waals surface area contributed by atoms with Crippen LogP contribution < -0.4 is 14.4 Å². The second kappa shape index (κ2) is 10.1. The summed E-state index contributed by atoms with van der Waals surface area (Å²) in [6.07, 6.45) is 0. The van der Waals surface area contributed by atoms with Gasteiger partial charge in [0.25, 0.3) is 11.7 Å². The lowest BCUT2D eigenvalue weighted by Crippen LogP contribution is -2.30. The standard InChI is InChI=1S/C32H29NO5/c1-5-38-27-18-23(14-15-26(27)37-4)29-28(30(34)24-13-12-21-8-6-7-9-22(21)17-24)31(35)32(36)33(29)25-16-19(2)10-11-20(25)3/h6-18,29,34H,5H2,1-4H3/b30-28+. The summed E-state index contributed by atoms with van der Waals surface area (Å²) < 4.78 is 11.3. The summed E-state index contributed by atoms with van der Waals surface area (Å²) in [6, 6.07) is 23.5. The van der Waals surface area contributed by atoms with Crippen molar-refractivity contribution < 1.29 is 24.2 Å². The molecule has 6 nitrogen and oxygen atoms in total. The lowest BCUT2D eigenvalue weighted by molar-refractivity contribution is -0.132. The highest BCUT2D eigenvalue weighted by Gasteiger charge is 2.47. The van der Waals surface area contributed by atoms with E-state index in [1.807, 2.05) is 75.4 Å². The van der Waals surface area contributed by atoms with Crippen LogP contribution >= 0.6 is 0 Å². The lowest BCUT2D eigenvalue weighted by atomic mass is 9.94. The summed E-state index contributed by atoms with van der Waals surface area (Å²) in [6.45, 7) is 6.11. The molecular weight excluding hydrogens is 478 g/mol. The van der Waals surface area contributed by atoms with E-state index in [2.05, 4.69) is 0 Å². The van der Waals surface area contributed by atoms with E-state index in [4.69, 9.17) is 9.47 Å². The van der Waals surface area contributed by atoms with Crippen molar-refractivity contribution in [3.8, 4) is 11.5 Å². The van der Waals surface area contributed by atoms with E-state index >= 15 is 0 Å². The molecule has 0 aromatic heterocycles. The third kappa shape index (κ3) is 4.28. The molecule has 1 fully saturated rings. The molecule has 0 bridgehead atoms. The van der Waals surface area contributed by atoms with Crippen molar-refractivity contribution in [2.24, 2.45) is 0 Å². The largest absolute Gasteiger partial charge is 0.507 e. The van der Waals surface area contributed by atoms with E-state index in [9.17, 15) is 14.7 Å². The Morgan fingerprint density at radius 3 is 2.39 bits per heavy atom. The molecule has 0 aliphatic carbocycles. The van der Waals surface area contributed by atoms with Crippen molar-refractivity contribution in [3.63, 3.8) is 0 Å². The van der Waals surface area contributed by atoms with Crippen LogP contribution in [-0.2, 0) is 9.59 Å². The molecule has 1 aliphatic heterocycles. The van der Waals surface area contributed by atoms with Gasteiger partial charge in [-0.1, -0.05) is 54.6 Å². The molecule has 1 unspecified atom stereocenters. The molecule has 0 spiro atoms. The smallest absolute Gasteiger partial charge is 0.300 e. The normalized spacial score (nSPS) is 16.7. The Morgan fingerprint density at radius 2 is 1.66 bits per heavy atom. The van der Waals surface area contributed by atoms with Gasteiger partial charge in [0, 0.05) is 11.3 Å². The predicted molar refractivity (Wildman–Crippen MR) is 149 cm³/mol. The van der Waals surface area contributed by atoms with Gasteiger partial charge in [-0.2, -0.15) is 0 Å². The Bertz CT molecular complexity index is 1600. The third-order valence-corrected chi connectivity index (χ3v) is 6.89. The molecule has 192 valence electrons. The zero-order valence-electron chi connectivity index (χ0n) is 21.8. The maximum atomic E-state index is 13.6. The minimum absolute atomic E-state index is 0.0267. The highest BCUT2D eigenvalue weighted by atomic mass is 16.5. The van der Waals surface area contributed by atoms with E-state index in [0.717, 1.165) is 21.9 Å². The van der Waals surface area contributed by atoms with Crippen LogP contribution in [0, 0.1) is 13.8 Å². The van der Waals surface area contributed by atoms with Gasteiger partial charge < -0.3 is 14.6 Å². The van der Waals surface area contributed by atoms with E-state index in [1.54, 1.807) is 31.4 Å². The summed E-state index contributed by atoms with van der Waals surface area (Å²) in [5, 5.41) is 13.5. The maximum absolute atomic E-state index is 13.6. The second-order valence-corrected chi connectivity index (χ2v) is 9.36. The number of aryl methyl sites for hydroxylation is 2. The molecule has 0 saturated carbocycles. The number of Topliss-reactive ketones (excluding diaryl/α,β-unsaturated/α-hetero) is 1. The van der Waals surface area contributed by atoms with Crippen LogP contribution in [0.5, 0.6) is 11.5 Å². The zero-order valence-corrected chi connectivity index (χ0v) is 21.8. The molecule has 1 atom stereocenters. The van der Waals surface area contributed by atoms with Crippen molar-refractivity contribution >= 4 is 33.9 Å². The highest BCUT2D eigenvalue weighted by molar-refractivity contribution is 6.51. The van der Waals surface area contributed by atoms with Gasteiger partial charge in [0.2, 0.25) is 0 Å². The van der Waals surface area contributed by atoms with Crippen LogP contribution in [0.3, 0.4) is 0 Å². The Hall–Kier alpha value is -4.58. The fourth-order valence-corrected chi connectivity index (χ4v) is 5.00. The van der Waals surface area contributed by atoms with Gasteiger partial charge in [-0.25, -0.2) is 0 Å². The summed E-state index contributed by atoms with van der Waals surface area (Å²) in [7, 11) is 1.56. The second-order valence-electron chi connectivity index (χ2n) is 9.36. The number of aliphatic hydroxyl groups is 1. The van der Waals surface area contributed by atoms with Gasteiger partial charge in [-0.15, -0.1) is 0 Å². The number of hydrogen-bond acceptors (Lipinski definition) is 5. The number of aliphatic hydroxyl groups excluding tert-OH is 1. The first-order chi connectivity index (χ1) is 18.3. The average Bonchev–Trinajstić information content (AvgIpc) is 3.19. The van der Waals surface area contributed by atoms with E-state index in [-0.39, 0.29) is 11.3 Å². The Balaban J connectivity index is 1.77. The van der Waals surface area contributed by atoms with Crippen LogP contribution in [0.15, 0.2) is 84.4 Å². The van der Waals surface area contributed by atoms with Gasteiger partial charge in [-0.3, -0.25) is 14.5 Å². The summed E-state index contributed by atoms with van der Waals surface area (Å²) >= 11 is 0. The molecule has 4 aromatic carbocycles. The van der Waals surface area contributed by atoms with Crippen molar-refractivity contribution in [2.45, 2.75) is 26.8 Å². The maximum Gasteiger partial charge on any atom is 0.300 e. The van der Waals surface area contributed by atoms with Gasteiger partial charge in [0.05, 0.1) is 25.3 Å². The molecule has 4 aromatic rings. The predicted octanol–water partition coefficient (Wildman–Crippen LogP) is 6.49. The Labute approximate surface area is 221 Å². The molecule has 38 heavy (non-hydrogen) atoms. The minimum Gasteiger partial charge on any atom is -0.507 e. The number of amides is 1. The molecule has 1 N–H and O–H groups in total. The number of nitrogens with zero attached hydrogens (tertiary/aromatic N) is 1. The summed E-state index contributed by atoms with van der Waals surface area (Å²) in [5.41, 5.74) is 3.52. The first kappa shape index (κ1) is 25.1. The summed E-state index contributed by atoms with van der Waals surface area (Å²) in [4.78, 5) is 28.7. The average molecular weight is 508 g/mol. The van der Waals surface area contributed by atoms with Crippen LogP contribution in [0.2, 0.25) is 0 Å². The number of hydrogen-bond donors (Lipinski definition) is 1. The van der Waals surface area contributed by atoms with Crippen LogP contribution in [0.1, 0.15) is 35.2 Å². The van der Waals surface area contributed by atoms with Gasteiger partial charge in [-0.05, 0) is 72.5 Å². The number of benzene rings is 4. The van der Waals surface area contributed by atoms with Gasteiger partial charge in [0.1, 0.15) is 5.76 Å². The number of carbonyl (C=O) groups is 2. The van der Waals surface area contributed by atoms with Crippen LogP contribution in [0.25, 0.3) is 16.5 Å². The Kier molecular flexibility index (Phi) is 6.64. The van der Waals surface area contributed by atoms with Crippen molar-refractivity contribution in [1.29, 1.82) is 0 Å². The van der Waals surface area contributed by atoms with Crippen LogP contribution in [-0.4, -0.2) is 30.5 Å². The van der Waals surface area contributed by atoms with E-state index in [0.29, 0.717) is 34.9 Å². The molecule has 5 rings (SSSR count). The number of anilines is 1. The molecule has 6 heteroatoms. The molecule has 1 aliphatic rings. The first-order valence-corrected chi connectivity index (χ1v) is 12.5.